The molecule has 0 aliphatic carbocycles. The van der Waals surface area contributed by atoms with Crippen LogP contribution in [0.15, 0.2) is 47.3 Å². The number of halogens is 1. The highest BCUT2D eigenvalue weighted by Crippen LogP contribution is 2.19. The molecule has 0 amide bonds. The number of benzene rings is 2. The molecule has 5 nitrogen and oxygen atoms in total. The number of rotatable bonds is 5. The lowest BCUT2D eigenvalue weighted by atomic mass is 10.2. The first-order valence-corrected chi connectivity index (χ1v) is 8.14. The molecule has 0 spiro atoms. The topological polar surface area (TPSA) is 53.2 Å². The first-order valence-electron chi connectivity index (χ1n) is 8.14. The Balaban J connectivity index is 2.12. The summed E-state index contributed by atoms with van der Waals surface area (Å²) < 4.78 is 21.6. The number of hydrogen-bond acceptors (Lipinski definition) is 3. The first kappa shape index (κ1) is 17.0. The maximum absolute atomic E-state index is 13.8. The Morgan fingerprint density at radius 1 is 1.12 bits per heavy atom. The van der Waals surface area contributed by atoms with Gasteiger partial charge in [-0.05, 0) is 38.1 Å². The minimum atomic E-state index is -0.420. The van der Waals surface area contributed by atoms with Crippen LogP contribution < -0.4 is 5.69 Å². The molecule has 3 rings (SSSR count). The maximum atomic E-state index is 13.8. The summed E-state index contributed by atoms with van der Waals surface area (Å²) in [6.45, 7) is 4.16. The van der Waals surface area contributed by atoms with E-state index in [1.54, 1.807) is 13.0 Å². The summed E-state index contributed by atoms with van der Waals surface area (Å²) in [7, 11) is 0. The van der Waals surface area contributed by atoms with E-state index in [1.807, 2.05) is 31.2 Å². The molecule has 0 bridgehead atoms. The molecule has 25 heavy (non-hydrogen) atoms. The van der Waals surface area contributed by atoms with Crippen LogP contribution in [0.2, 0.25) is 0 Å². The summed E-state index contributed by atoms with van der Waals surface area (Å²) in [6, 6.07) is 11.6. The Hall–Kier alpha value is -2.89. The SMILES string of the molecule is CCOC(=O)CCn1c(=O)n(-c2ccc(C)cc2)c2cc(F)ccc21. The molecule has 0 N–H and O–H groups in total. The van der Waals surface area contributed by atoms with E-state index in [0.717, 1.165) is 5.56 Å². The van der Waals surface area contributed by atoms with E-state index in [1.165, 1.54) is 21.3 Å². The van der Waals surface area contributed by atoms with Gasteiger partial charge in [-0.1, -0.05) is 17.7 Å². The monoisotopic (exact) mass is 342 g/mol. The third-order valence-corrected chi connectivity index (χ3v) is 4.03. The van der Waals surface area contributed by atoms with Gasteiger partial charge in [0.05, 0.1) is 29.7 Å². The zero-order valence-corrected chi connectivity index (χ0v) is 14.2. The number of fused-ring (bicyclic) bond motifs is 1. The van der Waals surface area contributed by atoms with E-state index in [-0.39, 0.29) is 24.6 Å². The standard InChI is InChI=1S/C19H19FN2O3/c1-3-25-18(23)10-11-21-16-9-6-14(20)12-17(16)22(19(21)24)15-7-4-13(2)5-8-15/h4-9,12H,3,10-11H2,1-2H3. The summed E-state index contributed by atoms with van der Waals surface area (Å²) in [5.74, 6) is -0.788. The molecule has 0 aliphatic rings. The minimum Gasteiger partial charge on any atom is -0.466 e. The molecule has 0 atom stereocenters. The number of nitrogens with zero attached hydrogens (tertiary/aromatic N) is 2. The summed E-state index contributed by atoms with van der Waals surface area (Å²) in [4.78, 5) is 24.5. The molecule has 0 saturated heterocycles. The molecule has 6 heteroatoms. The molecule has 0 saturated carbocycles. The van der Waals surface area contributed by atoms with Crippen LogP contribution in [0.25, 0.3) is 16.7 Å². The Morgan fingerprint density at radius 3 is 2.52 bits per heavy atom. The fraction of sp³-hybridized carbons (Fsp3) is 0.263. The van der Waals surface area contributed by atoms with Gasteiger partial charge < -0.3 is 4.74 Å². The van der Waals surface area contributed by atoms with Crippen LogP contribution in [0.4, 0.5) is 4.39 Å². The largest absolute Gasteiger partial charge is 0.466 e. The first-order chi connectivity index (χ1) is 12.0. The summed E-state index contributed by atoms with van der Waals surface area (Å²) in [5, 5.41) is 0. The number of esters is 1. The number of imidazole rings is 1. The number of carbonyl (C=O) groups is 1. The van der Waals surface area contributed by atoms with Gasteiger partial charge in [0, 0.05) is 12.6 Å². The van der Waals surface area contributed by atoms with Crippen LogP contribution in [-0.4, -0.2) is 21.7 Å². The van der Waals surface area contributed by atoms with E-state index < -0.39 is 5.82 Å². The molecule has 3 aromatic rings. The van der Waals surface area contributed by atoms with Crippen molar-refractivity contribution in [3.8, 4) is 5.69 Å². The van der Waals surface area contributed by atoms with Gasteiger partial charge in [-0.2, -0.15) is 0 Å². The van der Waals surface area contributed by atoms with Crippen molar-refractivity contribution in [1.82, 2.24) is 9.13 Å². The van der Waals surface area contributed by atoms with Crippen LogP contribution in [0, 0.1) is 12.7 Å². The Labute approximate surface area is 144 Å². The van der Waals surface area contributed by atoms with Gasteiger partial charge in [0.1, 0.15) is 5.82 Å². The van der Waals surface area contributed by atoms with Crippen molar-refractivity contribution in [3.63, 3.8) is 0 Å². The number of hydrogen-bond donors (Lipinski definition) is 0. The van der Waals surface area contributed by atoms with Gasteiger partial charge in [-0.15, -0.1) is 0 Å². The molecule has 130 valence electrons. The Bertz CT molecular complexity index is 971. The maximum Gasteiger partial charge on any atom is 0.333 e. The van der Waals surface area contributed by atoms with Crippen molar-refractivity contribution in [2.45, 2.75) is 26.8 Å². The quantitative estimate of drug-likeness (QED) is 0.669. The Morgan fingerprint density at radius 2 is 1.84 bits per heavy atom. The van der Waals surface area contributed by atoms with Gasteiger partial charge in [0.15, 0.2) is 0 Å². The minimum absolute atomic E-state index is 0.0815. The summed E-state index contributed by atoms with van der Waals surface area (Å²) >= 11 is 0. The lowest BCUT2D eigenvalue weighted by Gasteiger charge is -2.04. The van der Waals surface area contributed by atoms with Crippen LogP contribution in [-0.2, 0) is 16.1 Å². The highest BCUT2D eigenvalue weighted by atomic mass is 19.1. The third-order valence-electron chi connectivity index (χ3n) is 4.03. The fourth-order valence-corrected chi connectivity index (χ4v) is 2.83. The second kappa shape index (κ2) is 6.93. The summed E-state index contributed by atoms with van der Waals surface area (Å²) in [6.07, 6.45) is 0.0815. The predicted molar refractivity (Wildman–Crippen MR) is 93.5 cm³/mol. The molecule has 0 unspecified atom stereocenters. The van der Waals surface area contributed by atoms with Crippen molar-refractivity contribution < 1.29 is 13.9 Å². The van der Waals surface area contributed by atoms with Gasteiger partial charge in [-0.3, -0.25) is 13.9 Å². The van der Waals surface area contributed by atoms with Crippen molar-refractivity contribution in [1.29, 1.82) is 0 Å². The fourth-order valence-electron chi connectivity index (χ4n) is 2.83. The van der Waals surface area contributed by atoms with Gasteiger partial charge in [0.25, 0.3) is 0 Å². The van der Waals surface area contributed by atoms with Crippen LogP contribution in [0.1, 0.15) is 18.9 Å². The molecular weight excluding hydrogens is 323 g/mol. The lowest BCUT2D eigenvalue weighted by Crippen LogP contribution is -2.24. The average molecular weight is 342 g/mol. The van der Waals surface area contributed by atoms with Crippen LogP contribution in [0.5, 0.6) is 0 Å². The second-order valence-electron chi connectivity index (χ2n) is 5.79. The van der Waals surface area contributed by atoms with Crippen molar-refractivity contribution in [2.75, 3.05) is 6.61 Å². The van der Waals surface area contributed by atoms with Gasteiger partial charge in [-0.25, -0.2) is 9.18 Å². The van der Waals surface area contributed by atoms with Crippen LogP contribution >= 0.6 is 0 Å². The third kappa shape index (κ3) is 3.33. The summed E-state index contributed by atoms with van der Waals surface area (Å²) in [5.41, 5.74) is 2.46. The smallest absolute Gasteiger partial charge is 0.333 e. The van der Waals surface area contributed by atoms with E-state index in [9.17, 15) is 14.0 Å². The molecule has 1 heterocycles. The predicted octanol–water partition coefficient (Wildman–Crippen LogP) is 3.19. The highest BCUT2D eigenvalue weighted by molar-refractivity contribution is 5.78. The molecular formula is C19H19FN2O3. The van der Waals surface area contributed by atoms with Gasteiger partial charge >= 0.3 is 11.7 Å². The number of aryl methyl sites for hydroxylation is 2. The van der Waals surface area contributed by atoms with E-state index >= 15 is 0 Å². The second-order valence-corrected chi connectivity index (χ2v) is 5.79. The normalized spacial score (nSPS) is 11.0. The van der Waals surface area contributed by atoms with Crippen molar-refractivity contribution >= 4 is 17.0 Å². The van der Waals surface area contributed by atoms with Crippen molar-refractivity contribution in [3.05, 3.63) is 64.3 Å². The van der Waals surface area contributed by atoms with Gasteiger partial charge in [0.2, 0.25) is 0 Å². The number of ether oxygens (including phenoxy) is 1. The zero-order chi connectivity index (χ0) is 18.0. The number of carbonyl (C=O) groups excluding carboxylic acids is 1. The van der Waals surface area contributed by atoms with E-state index in [2.05, 4.69) is 0 Å². The van der Waals surface area contributed by atoms with Crippen molar-refractivity contribution in [2.24, 2.45) is 0 Å². The number of aromatic nitrogens is 2. The molecule has 2 aromatic carbocycles. The lowest BCUT2D eigenvalue weighted by molar-refractivity contribution is -0.143. The van der Waals surface area contributed by atoms with E-state index in [0.29, 0.717) is 23.3 Å². The molecule has 1 aromatic heterocycles. The van der Waals surface area contributed by atoms with E-state index in [4.69, 9.17) is 4.74 Å². The zero-order valence-electron chi connectivity index (χ0n) is 14.2. The Kier molecular flexibility index (Phi) is 4.70. The highest BCUT2D eigenvalue weighted by Gasteiger charge is 2.16. The molecule has 0 radical (unpaired) electrons. The average Bonchev–Trinajstić information content (AvgIpc) is 2.85. The molecule has 0 fully saturated rings. The molecule has 0 aliphatic heterocycles. The van der Waals surface area contributed by atoms with Crippen LogP contribution in [0.3, 0.4) is 0 Å².